The third-order valence-electron chi connectivity index (χ3n) is 1.72. The first-order chi connectivity index (χ1) is 7.12. The zero-order chi connectivity index (χ0) is 12.6. The lowest BCUT2D eigenvalue weighted by atomic mass is 10.2. The molecule has 0 N–H and O–H groups in total. The predicted octanol–water partition coefficient (Wildman–Crippen LogP) is 0.594. The monoisotopic (exact) mass is 262 g/mol. The molecule has 0 heterocycles. The van der Waals surface area contributed by atoms with Crippen molar-refractivity contribution in [2.24, 2.45) is 0 Å². The number of nitrogens with zero attached hydrogens (tertiary/aromatic N) is 1. The van der Waals surface area contributed by atoms with Gasteiger partial charge in [-0.05, 0) is 24.6 Å². The lowest BCUT2D eigenvalue weighted by molar-refractivity contribution is 0.591. The average Bonchev–Trinajstić information content (AvgIpc) is 1.97. The summed E-state index contributed by atoms with van der Waals surface area (Å²) in [5, 5.41) is 0. The quantitative estimate of drug-likeness (QED) is 0.799. The zero-order valence-electron chi connectivity index (χ0n) is 8.91. The van der Waals surface area contributed by atoms with Crippen molar-refractivity contribution in [3.8, 4) is 0 Å². The molecule has 0 aliphatic carbocycles. The van der Waals surface area contributed by atoms with Crippen LogP contribution in [0.25, 0.3) is 0 Å². The minimum Gasteiger partial charge on any atom is -0.206 e. The second-order valence-corrected chi connectivity index (χ2v) is 7.29. The summed E-state index contributed by atoms with van der Waals surface area (Å²) < 4.78 is 46.0. The van der Waals surface area contributed by atoms with Crippen LogP contribution in [0.15, 0.2) is 24.3 Å². The molecule has 0 fully saturated rings. The third kappa shape index (κ3) is 2.96. The van der Waals surface area contributed by atoms with E-state index in [0.29, 0.717) is 9.27 Å². The van der Waals surface area contributed by atoms with Crippen LogP contribution in [0, 0.1) is 6.92 Å². The van der Waals surface area contributed by atoms with Gasteiger partial charge in [-0.25, -0.2) is 16.8 Å². The van der Waals surface area contributed by atoms with Gasteiger partial charge in [0.05, 0.1) is 18.2 Å². The average molecular weight is 262 g/mol. The highest BCUT2D eigenvalue weighted by atomic mass is 32.3. The van der Waals surface area contributed by atoms with Gasteiger partial charge in [0.1, 0.15) is 0 Å². The SMILES string of the molecule is [CH2]c1cccc(N(S(C)(=O)=O)S(C)(=O)=O)c1. The van der Waals surface area contributed by atoms with Gasteiger partial charge < -0.3 is 0 Å². The van der Waals surface area contributed by atoms with Gasteiger partial charge in [-0.1, -0.05) is 12.1 Å². The number of benzene rings is 1. The fourth-order valence-corrected chi connectivity index (χ4v) is 4.26. The Morgan fingerprint density at radius 3 is 1.94 bits per heavy atom. The van der Waals surface area contributed by atoms with Crippen LogP contribution in [0.1, 0.15) is 5.56 Å². The summed E-state index contributed by atoms with van der Waals surface area (Å²) >= 11 is 0. The number of anilines is 1. The van der Waals surface area contributed by atoms with E-state index in [2.05, 4.69) is 6.92 Å². The minimum absolute atomic E-state index is 0.0671. The van der Waals surface area contributed by atoms with Crippen molar-refractivity contribution in [3.05, 3.63) is 36.8 Å². The zero-order valence-corrected chi connectivity index (χ0v) is 10.5. The molecule has 0 amide bonds. The largest absolute Gasteiger partial charge is 0.245 e. The van der Waals surface area contributed by atoms with E-state index >= 15 is 0 Å². The fourth-order valence-electron chi connectivity index (χ4n) is 1.30. The molecule has 0 aromatic heterocycles. The molecule has 89 valence electrons. The summed E-state index contributed by atoms with van der Waals surface area (Å²) in [5.41, 5.74) is 0.604. The maximum atomic E-state index is 11.4. The van der Waals surface area contributed by atoms with Gasteiger partial charge in [0.25, 0.3) is 0 Å². The van der Waals surface area contributed by atoms with E-state index in [0.717, 1.165) is 12.5 Å². The van der Waals surface area contributed by atoms with Crippen LogP contribution in [0.3, 0.4) is 0 Å². The van der Waals surface area contributed by atoms with Gasteiger partial charge in [-0.2, -0.15) is 3.71 Å². The first-order valence-electron chi connectivity index (χ1n) is 4.25. The van der Waals surface area contributed by atoms with Crippen LogP contribution in [-0.4, -0.2) is 29.3 Å². The molecule has 1 aromatic rings. The third-order valence-corrected chi connectivity index (χ3v) is 4.98. The van der Waals surface area contributed by atoms with Gasteiger partial charge >= 0.3 is 0 Å². The normalized spacial score (nSPS) is 12.4. The number of hydrogen-bond donors (Lipinski definition) is 0. The fraction of sp³-hybridized carbons (Fsp3) is 0.222. The number of rotatable bonds is 3. The smallest absolute Gasteiger partial charge is 0.206 e. The van der Waals surface area contributed by atoms with Gasteiger partial charge in [0.15, 0.2) is 0 Å². The Kier molecular flexibility index (Phi) is 3.30. The first kappa shape index (κ1) is 13.0. The summed E-state index contributed by atoms with van der Waals surface area (Å²) in [7, 11) is -7.75. The molecule has 0 aliphatic heterocycles. The van der Waals surface area contributed by atoms with Gasteiger partial charge in [0.2, 0.25) is 20.0 Å². The molecule has 0 saturated heterocycles. The summed E-state index contributed by atoms with van der Waals surface area (Å²) in [6, 6.07) is 5.98. The Morgan fingerprint density at radius 1 is 1.06 bits per heavy atom. The standard InChI is InChI=1S/C9H12NO4S2/c1-8-5-4-6-9(7-8)10(15(2,11)12)16(3,13)14/h4-7H,1H2,2-3H3. The Hall–Kier alpha value is -1.08. The molecule has 0 atom stereocenters. The molecule has 0 unspecified atom stereocenters. The van der Waals surface area contributed by atoms with Crippen molar-refractivity contribution < 1.29 is 16.8 Å². The highest BCUT2D eigenvalue weighted by Gasteiger charge is 2.26. The molecule has 0 spiro atoms. The Balaban J connectivity index is 3.47. The second kappa shape index (κ2) is 4.06. The van der Waals surface area contributed by atoms with E-state index in [1.54, 1.807) is 12.1 Å². The first-order valence-corrected chi connectivity index (χ1v) is 7.94. The Bertz CT molecular complexity index is 558. The van der Waals surface area contributed by atoms with E-state index in [4.69, 9.17) is 0 Å². The van der Waals surface area contributed by atoms with Crippen molar-refractivity contribution in [3.63, 3.8) is 0 Å². The van der Waals surface area contributed by atoms with Crippen molar-refractivity contribution in [1.29, 1.82) is 0 Å². The van der Waals surface area contributed by atoms with Crippen molar-refractivity contribution in [2.45, 2.75) is 0 Å². The summed E-state index contributed by atoms with van der Waals surface area (Å²) in [6.45, 7) is 3.61. The topological polar surface area (TPSA) is 71.5 Å². The highest BCUT2D eigenvalue weighted by molar-refractivity contribution is 8.09. The minimum atomic E-state index is -3.87. The maximum Gasteiger partial charge on any atom is 0.245 e. The van der Waals surface area contributed by atoms with Crippen LogP contribution < -0.4 is 3.71 Å². The van der Waals surface area contributed by atoms with Gasteiger partial charge in [0, 0.05) is 0 Å². The van der Waals surface area contributed by atoms with Crippen LogP contribution in [0.4, 0.5) is 5.69 Å². The van der Waals surface area contributed by atoms with E-state index < -0.39 is 20.0 Å². The molecular weight excluding hydrogens is 250 g/mol. The predicted molar refractivity (Wildman–Crippen MR) is 63.1 cm³/mol. The Labute approximate surface area is 95.8 Å². The van der Waals surface area contributed by atoms with E-state index in [1.807, 2.05) is 0 Å². The summed E-state index contributed by atoms with van der Waals surface area (Å²) in [5.74, 6) is 0. The lowest BCUT2D eigenvalue weighted by Crippen LogP contribution is -2.35. The number of sulfonamides is 2. The van der Waals surface area contributed by atoms with Gasteiger partial charge in [-0.3, -0.25) is 0 Å². The number of hydrogen-bond acceptors (Lipinski definition) is 4. The molecular formula is C9H12NO4S2. The van der Waals surface area contributed by atoms with Crippen LogP contribution in [-0.2, 0) is 20.0 Å². The molecule has 1 aromatic carbocycles. The van der Waals surface area contributed by atoms with Crippen molar-refractivity contribution in [2.75, 3.05) is 16.2 Å². The lowest BCUT2D eigenvalue weighted by Gasteiger charge is -2.19. The van der Waals surface area contributed by atoms with Gasteiger partial charge in [-0.15, -0.1) is 0 Å². The van der Waals surface area contributed by atoms with E-state index in [9.17, 15) is 16.8 Å². The molecule has 16 heavy (non-hydrogen) atoms. The summed E-state index contributed by atoms with van der Waals surface area (Å²) in [6.07, 6.45) is 1.67. The molecule has 0 saturated carbocycles. The Morgan fingerprint density at radius 2 is 1.56 bits per heavy atom. The molecule has 0 aliphatic rings. The van der Waals surface area contributed by atoms with Crippen LogP contribution in [0.5, 0.6) is 0 Å². The van der Waals surface area contributed by atoms with Crippen LogP contribution in [0.2, 0.25) is 0 Å². The van der Waals surface area contributed by atoms with E-state index in [1.165, 1.54) is 12.1 Å². The molecule has 0 bridgehead atoms. The van der Waals surface area contributed by atoms with Crippen LogP contribution >= 0.6 is 0 Å². The summed E-state index contributed by atoms with van der Waals surface area (Å²) in [4.78, 5) is 0. The molecule has 5 nitrogen and oxygen atoms in total. The highest BCUT2D eigenvalue weighted by Crippen LogP contribution is 2.21. The maximum absolute atomic E-state index is 11.4. The molecule has 1 radical (unpaired) electrons. The molecule has 1 rings (SSSR count). The van der Waals surface area contributed by atoms with Crippen molar-refractivity contribution in [1.82, 2.24) is 0 Å². The van der Waals surface area contributed by atoms with E-state index in [-0.39, 0.29) is 5.69 Å². The molecule has 7 heteroatoms. The van der Waals surface area contributed by atoms with Crippen molar-refractivity contribution >= 4 is 25.7 Å². The second-order valence-electron chi connectivity index (χ2n) is 3.39.